The Hall–Kier alpha value is -2.78. The number of hydrogen-bond donors (Lipinski definition) is 3. The van der Waals surface area contributed by atoms with Crippen LogP contribution in [0.4, 0.5) is 11.4 Å². The molecule has 0 saturated heterocycles. The van der Waals surface area contributed by atoms with Crippen molar-refractivity contribution in [1.82, 2.24) is 5.32 Å². The summed E-state index contributed by atoms with van der Waals surface area (Å²) in [5.41, 5.74) is 6.32. The normalized spacial score (nSPS) is 11.0. The molecule has 0 radical (unpaired) electrons. The van der Waals surface area contributed by atoms with Gasteiger partial charge in [0, 0.05) is 23.4 Å². The minimum atomic E-state index is -0.737. The van der Waals surface area contributed by atoms with Crippen molar-refractivity contribution in [2.45, 2.75) is 25.3 Å². The predicted octanol–water partition coefficient (Wildman–Crippen LogP) is 3.04. The summed E-state index contributed by atoms with van der Waals surface area (Å²) in [4.78, 5) is 35.2. The van der Waals surface area contributed by atoms with Crippen molar-refractivity contribution < 1.29 is 14.5 Å². The molecule has 2 aromatic carbocycles. The number of benzene rings is 2. The predicted molar refractivity (Wildman–Crippen MR) is 113 cm³/mol. The maximum atomic E-state index is 12.6. The third-order valence-corrected chi connectivity index (χ3v) is 3.95. The summed E-state index contributed by atoms with van der Waals surface area (Å²) in [7, 11) is 0. The van der Waals surface area contributed by atoms with Gasteiger partial charge in [0.05, 0.1) is 4.92 Å². The van der Waals surface area contributed by atoms with Crippen molar-refractivity contribution in [3.05, 3.63) is 70.3 Å². The van der Waals surface area contributed by atoms with E-state index in [0.717, 1.165) is 6.42 Å². The lowest BCUT2D eigenvalue weighted by molar-refractivity contribution is -0.384. The summed E-state index contributed by atoms with van der Waals surface area (Å²) in [5.74, 6) is -0.725. The summed E-state index contributed by atoms with van der Waals surface area (Å²) in [6, 6.07) is 13.4. The Kier molecular flexibility index (Phi) is 9.83. The van der Waals surface area contributed by atoms with E-state index in [1.807, 2.05) is 0 Å². The number of carbonyl (C=O) groups excluding carboxylic acids is 2. The Bertz CT molecular complexity index is 784. The van der Waals surface area contributed by atoms with E-state index in [1.54, 1.807) is 30.3 Å². The van der Waals surface area contributed by atoms with E-state index in [9.17, 15) is 19.7 Å². The van der Waals surface area contributed by atoms with Crippen molar-refractivity contribution in [3.63, 3.8) is 0 Å². The number of nitrogens with two attached hydrogens (primary N) is 1. The van der Waals surface area contributed by atoms with Crippen molar-refractivity contribution in [3.8, 4) is 0 Å². The molecule has 0 heterocycles. The van der Waals surface area contributed by atoms with Gasteiger partial charge >= 0.3 is 0 Å². The van der Waals surface area contributed by atoms with E-state index < -0.39 is 11.0 Å². The Morgan fingerprint density at radius 2 is 1.68 bits per heavy atom. The molecule has 0 aliphatic heterocycles. The number of non-ortho nitro benzene ring substituents is 1. The molecule has 2 rings (SSSR count). The van der Waals surface area contributed by atoms with Crippen LogP contribution >= 0.6 is 17.0 Å². The Morgan fingerprint density at radius 3 is 2.25 bits per heavy atom. The van der Waals surface area contributed by atoms with E-state index in [2.05, 4.69) is 10.6 Å². The molecule has 0 bridgehead atoms. The standard InChI is InChI=1S/C19H22N4O4.BrH/c20-13-5-4-8-17(22-18(24)14-6-2-1-3-7-14)19(25)21-15-9-11-16(12-10-15)23(26)27;/h1-3,6-7,9-12,17H,4-5,8,13,20H2,(H,21,25)(H,22,24);1H/t17-;/m0./s1. The minimum absolute atomic E-state index is 0. The number of nitrogens with one attached hydrogen (secondary N) is 2. The monoisotopic (exact) mass is 450 g/mol. The van der Waals surface area contributed by atoms with Crippen LogP contribution in [-0.4, -0.2) is 29.3 Å². The van der Waals surface area contributed by atoms with Crippen LogP contribution in [0.3, 0.4) is 0 Å². The molecular formula is C19H23BrN4O4. The molecule has 0 fully saturated rings. The van der Waals surface area contributed by atoms with Gasteiger partial charge in [0.15, 0.2) is 0 Å². The Morgan fingerprint density at radius 1 is 1.04 bits per heavy atom. The van der Waals surface area contributed by atoms with Crippen LogP contribution in [0.25, 0.3) is 0 Å². The highest BCUT2D eigenvalue weighted by atomic mass is 79.9. The summed E-state index contributed by atoms with van der Waals surface area (Å²) in [6.07, 6.45) is 1.86. The summed E-state index contributed by atoms with van der Waals surface area (Å²) >= 11 is 0. The topological polar surface area (TPSA) is 127 Å². The molecule has 2 amide bonds. The van der Waals surface area contributed by atoms with Crippen LogP contribution in [0.5, 0.6) is 0 Å². The van der Waals surface area contributed by atoms with Crippen molar-refractivity contribution in [2.24, 2.45) is 5.73 Å². The summed E-state index contributed by atoms with van der Waals surface area (Å²) in [6.45, 7) is 0.503. The molecule has 0 aliphatic rings. The quantitative estimate of drug-likeness (QED) is 0.307. The van der Waals surface area contributed by atoms with Gasteiger partial charge in [-0.15, -0.1) is 17.0 Å². The molecule has 0 aromatic heterocycles. The number of carbonyl (C=O) groups is 2. The molecule has 4 N–H and O–H groups in total. The van der Waals surface area contributed by atoms with E-state index in [1.165, 1.54) is 24.3 Å². The van der Waals surface area contributed by atoms with Gasteiger partial charge in [-0.1, -0.05) is 18.2 Å². The SMILES string of the molecule is Br.NCCCC[C@H](NC(=O)c1ccccc1)C(=O)Nc1ccc([N+](=O)[O-])cc1. The van der Waals surface area contributed by atoms with Crippen LogP contribution in [0.2, 0.25) is 0 Å². The van der Waals surface area contributed by atoms with Gasteiger partial charge in [-0.3, -0.25) is 19.7 Å². The number of halogens is 1. The molecule has 150 valence electrons. The van der Waals surface area contributed by atoms with Crippen molar-refractivity contribution in [2.75, 3.05) is 11.9 Å². The van der Waals surface area contributed by atoms with Crippen molar-refractivity contribution in [1.29, 1.82) is 0 Å². The van der Waals surface area contributed by atoms with Gasteiger partial charge in [-0.25, -0.2) is 0 Å². The maximum absolute atomic E-state index is 12.6. The first kappa shape index (κ1) is 23.3. The molecule has 0 unspecified atom stereocenters. The average molecular weight is 451 g/mol. The molecule has 0 saturated carbocycles. The second-order valence-electron chi connectivity index (χ2n) is 5.97. The summed E-state index contributed by atoms with van der Waals surface area (Å²) < 4.78 is 0. The molecule has 9 heteroatoms. The minimum Gasteiger partial charge on any atom is -0.340 e. The first-order valence-electron chi connectivity index (χ1n) is 8.62. The highest BCUT2D eigenvalue weighted by Gasteiger charge is 2.21. The Balaban J connectivity index is 0.00000392. The van der Waals surface area contributed by atoms with Gasteiger partial charge < -0.3 is 16.4 Å². The number of nitrogens with zero attached hydrogens (tertiary/aromatic N) is 1. The van der Waals surface area contributed by atoms with Gasteiger partial charge in [-0.05, 0) is 50.1 Å². The van der Waals surface area contributed by atoms with Crippen molar-refractivity contribution >= 4 is 40.2 Å². The zero-order chi connectivity index (χ0) is 19.6. The fourth-order valence-electron chi connectivity index (χ4n) is 2.49. The van der Waals surface area contributed by atoms with Crippen LogP contribution < -0.4 is 16.4 Å². The second kappa shape index (κ2) is 11.8. The maximum Gasteiger partial charge on any atom is 0.269 e. The van der Waals surface area contributed by atoms with Crippen LogP contribution in [-0.2, 0) is 4.79 Å². The molecule has 0 spiro atoms. The largest absolute Gasteiger partial charge is 0.340 e. The first-order chi connectivity index (χ1) is 13.0. The molecule has 0 aliphatic carbocycles. The number of amides is 2. The van der Waals surface area contributed by atoms with Gasteiger partial charge in [0.25, 0.3) is 11.6 Å². The molecule has 1 atom stereocenters. The lowest BCUT2D eigenvalue weighted by atomic mass is 10.1. The number of hydrogen-bond acceptors (Lipinski definition) is 5. The van der Waals surface area contributed by atoms with E-state index in [4.69, 9.17) is 5.73 Å². The average Bonchev–Trinajstić information content (AvgIpc) is 2.68. The molecule has 2 aromatic rings. The second-order valence-corrected chi connectivity index (χ2v) is 5.97. The fourth-order valence-corrected chi connectivity index (χ4v) is 2.49. The van der Waals surface area contributed by atoms with Gasteiger partial charge in [0.2, 0.25) is 5.91 Å². The fraction of sp³-hybridized carbons (Fsp3) is 0.263. The number of unbranched alkanes of at least 4 members (excludes halogenated alkanes) is 1. The van der Waals surface area contributed by atoms with E-state index in [-0.39, 0.29) is 34.5 Å². The first-order valence-corrected chi connectivity index (χ1v) is 8.62. The highest BCUT2D eigenvalue weighted by molar-refractivity contribution is 8.93. The van der Waals surface area contributed by atoms with Gasteiger partial charge in [0.1, 0.15) is 6.04 Å². The number of rotatable bonds is 9. The van der Waals surface area contributed by atoms with Crippen LogP contribution in [0, 0.1) is 10.1 Å². The van der Waals surface area contributed by atoms with E-state index in [0.29, 0.717) is 30.6 Å². The molecule has 8 nitrogen and oxygen atoms in total. The smallest absolute Gasteiger partial charge is 0.269 e. The zero-order valence-corrected chi connectivity index (χ0v) is 16.9. The lowest BCUT2D eigenvalue weighted by Crippen LogP contribution is -2.43. The molecule has 28 heavy (non-hydrogen) atoms. The number of anilines is 1. The van der Waals surface area contributed by atoms with Crippen LogP contribution in [0.1, 0.15) is 29.6 Å². The number of nitro groups is 1. The third-order valence-electron chi connectivity index (χ3n) is 3.95. The third kappa shape index (κ3) is 7.09. The van der Waals surface area contributed by atoms with Crippen LogP contribution in [0.15, 0.2) is 54.6 Å². The van der Waals surface area contributed by atoms with Gasteiger partial charge in [-0.2, -0.15) is 0 Å². The zero-order valence-electron chi connectivity index (χ0n) is 15.2. The summed E-state index contributed by atoms with van der Waals surface area (Å²) in [5, 5.41) is 16.1. The highest BCUT2D eigenvalue weighted by Crippen LogP contribution is 2.16. The molecular weight excluding hydrogens is 428 g/mol. The van der Waals surface area contributed by atoms with E-state index >= 15 is 0 Å². The number of nitro benzene ring substituents is 1. The Labute approximate surface area is 173 Å². The lowest BCUT2D eigenvalue weighted by Gasteiger charge is -2.18.